The lowest BCUT2D eigenvalue weighted by molar-refractivity contribution is -0.384. The Morgan fingerprint density at radius 2 is 2.10 bits per heavy atom. The first-order valence-corrected chi connectivity index (χ1v) is 6.14. The van der Waals surface area contributed by atoms with Gasteiger partial charge in [-0.05, 0) is 18.6 Å². The summed E-state index contributed by atoms with van der Waals surface area (Å²) in [7, 11) is 0. The third kappa shape index (κ3) is 2.90. The molecule has 8 nitrogen and oxygen atoms in total. The van der Waals surface area contributed by atoms with Gasteiger partial charge in [-0.1, -0.05) is 0 Å². The van der Waals surface area contributed by atoms with Crippen molar-refractivity contribution in [2.45, 2.75) is 6.92 Å². The van der Waals surface area contributed by atoms with Crippen LogP contribution in [0.4, 0.5) is 11.4 Å². The van der Waals surface area contributed by atoms with Gasteiger partial charge in [0.25, 0.3) is 17.5 Å². The highest BCUT2D eigenvalue weighted by molar-refractivity contribution is 6.17. The summed E-state index contributed by atoms with van der Waals surface area (Å²) in [5.74, 6) is -1.04. The van der Waals surface area contributed by atoms with Gasteiger partial charge in [0.1, 0.15) is 5.70 Å². The van der Waals surface area contributed by atoms with Crippen LogP contribution in [0.1, 0.15) is 5.56 Å². The maximum Gasteiger partial charge on any atom is 0.277 e. The summed E-state index contributed by atoms with van der Waals surface area (Å²) in [4.78, 5) is 34.6. The van der Waals surface area contributed by atoms with Gasteiger partial charge in [0.15, 0.2) is 0 Å². The van der Waals surface area contributed by atoms with E-state index in [1.54, 1.807) is 6.92 Å². The Morgan fingerprint density at radius 1 is 1.38 bits per heavy atom. The number of aryl methyl sites for hydroxylation is 1. The summed E-state index contributed by atoms with van der Waals surface area (Å²) in [5.41, 5.74) is 1.10. The fourth-order valence-corrected chi connectivity index (χ4v) is 1.96. The Balaban J connectivity index is 2.20. The molecule has 1 aromatic carbocycles. The van der Waals surface area contributed by atoms with E-state index in [0.29, 0.717) is 11.3 Å². The summed E-state index contributed by atoms with van der Waals surface area (Å²) in [6.07, 6.45) is 1.14. The first kappa shape index (κ1) is 14.7. The molecule has 0 aliphatic carbocycles. The van der Waals surface area contributed by atoms with Crippen LogP contribution in [0.2, 0.25) is 0 Å². The molecule has 0 spiro atoms. The topological polar surface area (TPSA) is 113 Å². The van der Waals surface area contributed by atoms with Gasteiger partial charge >= 0.3 is 0 Å². The summed E-state index contributed by atoms with van der Waals surface area (Å²) in [6, 6.07) is 4.15. The SMILES string of the molecule is Cc1cc([N+](=O)[O-])ccc1NC1=CC(=O)N(CCO)C1=O. The summed E-state index contributed by atoms with van der Waals surface area (Å²) >= 11 is 0. The van der Waals surface area contributed by atoms with Crippen LogP contribution in [0, 0.1) is 17.0 Å². The number of nitro groups is 1. The van der Waals surface area contributed by atoms with Crippen molar-refractivity contribution < 1.29 is 19.6 Å². The minimum Gasteiger partial charge on any atom is -0.395 e. The van der Waals surface area contributed by atoms with E-state index in [9.17, 15) is 19.7 Å². The van der Waals surface area contributed by atoms with Crippen molar-refractivity contribution in [2.24, 2.45) is 0 Å². The van der Waals surface area contributed by atoms with E-state index < -0.39 is 16.7 Å². The van der Waals surface area contributed by atoms with Gasteiger partial charge < -0.3 is 10.4 Å². The van der Waals surface area contributed by atoms with Gasteiger partial charge in [-0.25, -0.2) is 0 Å². The number of imide groups is 1. The van der Waals surface area contributed by atoms with E-state index in [-0.39, 0.29) is 24.5 Å². The van der Waals surface area contributed by atoms with Gasteiger partial charge in [-0.2, -0.15) is 0 Å². The minimum atomic E-state index is -0.535. The number of aliphatic hydroxyl groups is 1. The number of benzene rings is 1. The van der Waals surface area contributed by atoms with E-state index in [1.165, 1.54) is 18.2 Å². The number of nitrogens with zero attached hydrogens (tertiary/aromatic N) is 2. The predicted octanol–water partition coefficient (Wildman–Crippen LogP) is 0.560. The molecular formula is C13H13N3O5. The van der Waals surface area contributed by atoms with Crippen molar-refractivity contribution >= 4 is 23.2 Å². The van der Waals surface area contributed by atoms with Gasteiger partial charge in [0.05, 0.1) is 18.1 Å². The second-order valence-electron chi connectivity index (χ2n) is 4.46. The number of nitrogens with one attached hydrogen (secondary N) is 1. The number of hydrogen-bond donors (Lipinski definition) is 2. The van der Waals surface area contributed by atoms with Crippen LogP contribution in [0.5, 0.6) is 0 Å². The maximum absolute atomic E-state index is 12.0. The molecular weight excluding hydrogens is 278 g/mol. The van der Waals surface area contributed by atoms with Crippen molar-refractivity contribution in [3.63, 3.8) is 0 Å². The molecule has 2 N–H and O–H groups in total. The van der Waals surface area contributed by atoms with E-state index in [2.05, 4.69) is 5.32 Å². The Bertz CT molecular complexity index is 653. The van der Waals surface area contributed by atoms with Crippen molar-refractivity contribution in [1.29, 1.82) is 0 Å². The fourth-order valence-electron chi connectivity index (χ4n) is 1.96. The van der Waals surface area contributed by atoms with Crippen molar-refractivity contribution in [3.8, 4) is 0 Å². The molecule has 1 aliphatic heterocycles. The van der Waals surface area contributed by atoms with Crippen LogP contribution >= 0.6 is 0 Å². The maximum atomic E-state index is 12.0. The molecule has 1 aromatic rings. The van der Waals surface area contributed by atoms with E-state index in [4.69, 9.17) is 5.11 Å². The lowest BCUT2D eigenvalue weighted by atomic mass is 10.1. The van der Waals surface area contributed by atoms with Gasteiger partial charge in [-0.3, -0.25) is 24.6 Å². The van der Waals surface area contributed by atoms with Gasteiger partial charge in [0, 0.05) is 23.9 Å². The standard InChI is InChI=1S/C13H13N3O5/c1-8-6-9(16(20)21)2-3-10(8)14-11-7-12(18)15(4-5-17)13(11)19/h2-3,6-7,14,17H,4-5H2,1H3. The monoisotopic (exact) mass is 291 g/mol. The van der Waals surface area contributed by atoms with Crippen molar-refractivity contribution in [3.05, 3.63) is 45.6 Å². The van der Waals surface area contributed by atoms with Crippen LogP contribution in [-0.4, -0.2) is 39.9 Å². The van der Waals surface area contributed by atoms with Crippen LogP contribution in [0.25, 0.3) is 0 Å². The number of non-ortho nitro benzene ring substituents is 1. The molecule has 0 aromatic heterocycles. The van der Waals surface area contributed by atoms with Gasteiger partial charge in [0.2, 0.25) is 0 Å². The van der Waals surface area contributed by atoms with Crippen LogP contribution < -0.4 is 5.32 Å². The molecule has 0 bridgehead atoms. The zero-order valence-electron chi connectivity index (χ0n) is 11.2. The first-order chi connectivity index (χ1) is 9.93. The molecule has 1 heterocycles. The summed E-state index contributed by atoms with van der Waals surface area (Å²) < 4.78 is 0. The largest absolute Gasteiger partial charge is 0.395 e. The molecule has 21 heavy (non-hydrogen) atoms. The van der Waals surface area contributed by atoms with E-state index >= 15 is 0 Å². The molecule has 0 unspecified atom stereocenters. The lowest BCUT2D eigenvalue weighted by Gasteiger charge is -2.14. The van der Waals surface area contributed by atoms with Crippen molar-refractivity contribution in [1.82, 2.24) is 4.90 Å². The number of hydrogen-bond acceptors (Lipinski definition) is 6. The number of β-amino-alcohol motifs (C(OH)–C–C–N with tert-alkyl or cyclic N) is 1. The molecule has 0 saturated heterocycles. The molecule has 0 radical (unpaired) electrons. The molecule has 0 atom stereocenters. The second-order valence-corrected chi connectivity index (χ2v) is 4.46. The normalized spacial score (nSPS) is 14.4. The number of anilines is 1. The van der Waals surface area contributed by atoms with Crippen LogP contribution in [-0.2, 0) is 9.59 Å². The summed E-state index contributed by atoms with van der Waals surface area (Å²) in [5, 5.41) is 22.3. The third-order valence-corrected chi connectivity index (χ3v) is 3.02. The van der Waals surface area contributed by atoms with E-state index in [1.807, 2.05) is 0 Å². The third-order valence-electron chi connectivity index (χ3n) is 3.02. The van der Waals surface area contributed by atoms with E-state index in [0.717, 1.165) is 11.0 Å². The Morgan fingerprint density at radius 3 is 2.67 bits per heavy atom. The first-order valence-electron chi connectivity index (χ1n) is 6.14. The number of carbonyl (C=O) groups excluding carboxylic acids is 2. The molecule has 1 aliphatic rings. The average Bonchev–Trinajstić information content (AvgIpc) is 2.69. The average molecular weight is 291 g/mol. The molecule has 2 rings (SSSR count). The van der Waals surface area contributed by atoms with Gasteiger partial charge in [-0.15, -0.1) is 0 Å². The molecule has 0 fully saturated rings. The highest BCUT2D eigenvalue weighted by Crippen LogP contribution is 2.24. The number of rotatable bonds is 5. The lowest BCUT2D eigenvalue weighted by Crippen LogP contribution is -2.34. The Hall–Kier alpha value is -2.74. The quantitative estimate of drug-likeness (QED) is 0.465. The smallest absolute Gasteiger partial charge is 0.277 e. The number of amides is 2. The summed E-state index contributed by atoms with van der Waals surface area (Å²) in [6.45, 7) is 1.27. The van der Waals surface area contributed by atoms with Crippen LogP contribution in [0.15, 0.2) is 30.0 Å². The zero-order chi connectivity index (χ0) is 15.6. The molecule has 110 valence electrons. The minimum absolute atomic E-state index is 0.0530. The predicted molar refractivity (Wildman–Crippen MR) is 73.3 cm³/mol. The Labute approximate surface area is 119 Å². The molecule has 8 heteroatoms. The number of carbonyl (C=O) groups is 2. The molecule has 0 saturated carbocycles. The van der Waals surface area contributed by atoms with Crippen LogP contribution in [0.3, 0.4) is 0 Å². The zero-order valence-corrected chi connectivity index (χ0v) is 11.2. The molecule has 2 amide bonds. The number of aliphatic hydroxyl groups excluding tert-OH is 1. The highest BCUT2D eigenvalue weighted by Gasteiger charge is 2.30. The Kier molecular flexibility index (Phi) is 3.99. The van der Waals surface area contributed by atoms with Crippen molar-refractivity contribution in [2.75, 3.05) is 18.5 Å². The highest BCUT2D eigenvalue weighted by atomic mass is 16.6. The fraction of sp³-hybridized carbons (Fsp3) is 0.231. The second kappa shape index (κ2) is 5.71. The number of nitro benzene ring substituents is 1.